The number of alkyl halides is 1. The van der Waals surface area contributed by atoms with Crippen molar-refractivity contribution in [2.75, 3.05) is 5.73 Å². The fourth-order valence-electron chi connectivity index (χ4n) is 2.53. The number of nitrogen functional groups attached to an aromatic ring is 1. The summed E-state index contributed by atoms with van der Waals surface area (Å²) < 4.78 is 0. The van der Waals surface area contributed by atoms with Gasteiger partial charge < -0.3 is 5.73 Å². The molecule has 2 atom stereocenters. The minimum Gasteiger partial charge on any atom is -0.399 e. The zero-order chi connectivity index (χ0) is 18.1. The number of rotatable bonds is 4. The van der Waals surface area contributed by atoms with Gasteiger partial charge in [-0.3, -0.25) is 25.1 Å². The number of nitrogens with zero attached hydrogens (tertiary/aromatic N) is 2. The van der Waals surface area contributed by atoms with E-state index < -0.39 is 28.2 Å². The number of amides is 2. The smallest absolute Gasteiger partial charge is 0.269 e. The van der Waals surface area contributed by atoms with Crippen LogP contribution in [0.3, 0.4) is 0 Å². The lowest BCUT2D eigenvalue weighted by Gasteiger charge is -2.43. The third-order valence-electron chi connectivity index (χ3n) is 3.85. The van der Waals surface area contributed by atoms with E-state index in [0.29, 0.717) is 16.8 Å². The molecule has 2 aromatic rings. The van der Waals surface area contributed by atoms with Gasteiger partial charge in [0.15, 0.2) is 0 Å². The standard InChI is InChI=1S/C16H13ClN4O4/c17-13-14(10-2-1-3-12(8-10)21(24)25)20(16(13)23)19-15(22)9-4-6-11(18)7-5-9/h1-8,13-14H,18H2,(H,19,22)/t13-,14-/m0/s1. The van der Waals surface area contributed by atoms with E-state index in [2.05, 4.69) is 5.43 Å². The van der Waals surface area contributed by atoms with Crippen molar-refractivity contribution >= 4 is 34.8 Å². The van der Waals surface area contributed by atoms with E-state index >= 15 is 0 Å². The summed E-state index contributed by atoms with van der Waals surface area (Å²) in [4.78, 5) is 34.7. The molecule has 0 aliphatic carbocycles. The van der Waals surface area contributed by atoms with Gasteiger partial charge in [-0.25, -0.2) is 5.01 Å². The maximum atomic E-state index is 12.3. The molecule has 0 spiro atoms. The molecule has 2 amide bonds. The van der Waals surface area contributed by atoms with E-state index in [1.54, 1.807) is 18.2 Å². The monoisotopic (exact) mass is 360 g/mol. The summed E-state index contributed by atoms with van der Waals surface area (Å²) in [6.07, 6.45) is 0. The summed E-state index contributed by atoms with van der Waals surface area (Å²) in [5.41, 5.74) is 9.22. The molecule has 1 saturated heterocycles. The van der Waals surface area contributed by atoms with Gasteiger partial charge in [0.05, 0.1) is 4.92 Å². The first-order chi connectivity index (χ1) is 11.9. The molecule has 9 heteroatoms. The molecule has 1 aliphatic heterocycles. The van der Waals surface area contributed by atoms with Crippen LogP contribution in [0.1, 0.15) is 22.0 Å². The highest BCUT2D eigenvalue weighted by Gasteiger charge is 2.48. The van der Waals surface area contributed by atoms with E-state index in [-0.39, 0.29) is 5.69 Å². The van der Waals surface area contributed by atoms with Crippen LogP contribution in [0.15, 0.2) is 48.5 Å². The first-order valence-electron chi connectivity index (χ1n) is 7.26. The Morgan fingerprint density at radius 1 is 1.24 bits per heavy atom. The molecule has 8 nitrogen and oxygen atoms in total. The number of nitro benzene ring substituents is 1. The number of carbonyl (C=O) groups excluding carboxylic acids is 2. The molecule has 3 N–H and O–H groups in total. The Morgan fingerprint density at radius 3 is 2.56 bits per heavy atom. The van der Waals surface area contributed by atoms with Crippen LogP contribution in [0.2, 0.25) is 0 Å². The van der Waals surface area contributed by atoms with Gasteiger partial charge in [-0.15, -0.1) is 11.6 Å². The molecule has 3 rings (SSSR count). The second-order valence-electron chi connectivity index (χ2n) is 5.47. The van der Waals surface area contributed by atoms with Crippen LogP contribution in [-0.4, -0.2) is 27.1 Å². The summed E-state index contributed by atoms with van der Waals surface area (Å²) in [6, 6.07) is 11.3. The minimum atomic E-state index is -0.909. The lowest BCUT2D eigenvalue weighted by molar-refractivity contribution is -0.385. The fraction of sp³-hybridized carbons (Fsp3) is 0.125. The Labute approximate surface area is 147 Å². The first kappa shape index (κ1) is 16.7. The number of hydrogen-bond donors (Lipinski definition) is 2. The maximum Gasteiger partial charge on any atom is 0.269 e. The molecule has 0 aromatic heterocycles. The number of nitrogens with one attached hydrogen (secondary N) is 1. The molecule has 1 heterocycles. The number of carbonyl (C=O) groups is 2. The molecule has 0 radical (unpaired) electrons. The van der Waals surface area contributed by atoms with Crippen LogP contribution in [0, 0.1) is 10.1 Å². The van der Waals surface area contributed by atoms with Crippen molar-refractivity contribution in [1.82, 2.24) is 10.4 Å². The highest BCUT2D eigenvalue weighted by Crippen LogP contribution is 2.38. The first-order valence-corrected chi connectivity index (χ1v) is 7.70. The van der Waals surface area contributed by atoms with Gasteiger partial charge in [0.25, 0.3) is 17.5 Å². The van der Waals surface area contributed by atoms with E-state index in [0.717, 1.165) is 5.01 Å². The molecule has 1 fully saturated rings. The van der Waals surface area contributed by atoms with Crippen LogP contribution in [0.4, 0.5) is 11.4 Å². The van der Waals surface area contributed by atoms with Crippen molar-refractivity contribution in [2.45, 2.75) is 11.4 Å². The van der Waals surface area contributed by atoms with Gasteiger partial charge >= 0.3 is 0 Å². The van der Waals surface area contributed by atoms with Crippen LogP contribution < -0.4 is 11.2 Å². The number of benzene rings is 2. The topological polar surface area (TPSA) is 119 Å². The minimum absolute atomic E-state index is 0.120. The molecular formula is C16H13ClN4O4. The SMILES string of the molecule is Nc1ccc(C(=O)NN2C(=O)[C@@H](Cl)[C@@H]2c2cccc([N+](=O)[O-])c2)cc1. The Balaban J connectivity index is 1.82. The van der Waals surface area contributed by atoms with Gasteiger partial charge in [0, 0.05) is 23.4 Å². The third-order valence-corrected chi connectivity index (χ3v) is 4.27. The normalized spacial score (nSPS) is 19.2. The Bertz CT molecular complexity index is 855. The number of non-ortho nitro benzene ring substituents is 1. The molecule has 128 valence electrons. The molecule has 25 heavy (non-hydrogen) atoms. The summed E-state index contributed by atoms with van der Waals surface area (Å²) in [5, 5.41) is 11.1. The number of nitro groups is 1. The zero-order valence-electron chi connectivity index (χ0n) is 12.8. The zero-order valence-corrected chi connectivity index (χ0v) is 13.5. The average molecular weight is 361 g/mol. The van der Waals surface area contributed by atoms with Crippen molar-refractivity contribution in [2.24, 2.45) is 0 Å². The molecule has 1 aliphatic rings. The highest BCUT2D eigenvalue weighted by molar-refractivity contribution is 6.33. The van der Waals surface area contributed by atoms with Crippen LogP contribution in [0.5, 0.6) is 0 Å². The molecule has 0 unspecified atom stereocenters. The van der Waals surface area contributed by atoms with Crippen LogP contribution in [-0.2, 0) is 4.79 Å². The Morgan fingerprint density at radius 2 is 1.92 bits per heavy atom. The van der Waals surface area contributed by atoms with E-state index in [1.165, 1.54) is 30.3 Å². The van der Waals surface area contributed by atoms with E-state index in [4.69, 9.17) is 17.3 Å². The van der Waals surface area contributed by atoms with E-state index in [1.807, 2.05) is 0 Å². The number of nitrogens with two attached hydrogens (primary N) is 1. The van der Waals surface area contributed by atoms with Crippen molar-refractivity contribution in [3.05, 3.63) is 69.8 Å². The lowest BCUT2D eigenvalue weighted by atomic mass is 9.95. The lowest BCUT2D eigenvalue weighted by Crippen LogP contribution is -2.63. The Hall–Kier alpha value is -3.13. The van der Waals surface area contributed by atoms with Crippen molar-refractivity contribution in [3.8, 4) is 0 Å². The maximum absolute atomic E-state index is 12.3. The summed E-state index contributed by atoms with van der Waals surface area (Å²) in [6.45, 7) is 0. The van der Waals surface area contributed by atoms with Gasteiger partial charge in [-0.1, -0.05) is 12.1 Å². The van der Waals surface area contributed by atoms with Gasteiger partial charge in [-0.2, -0.15) is 0 Å². The van der Waals surface area contributed by atoms with E-state index in [9.17, 15) is 19.7 Å². The number of anilines is 1. The van der Waals surface area contributed by atoms with Crippen LogP contribution >= 0.6 is 11.6 Å². The van der Waals surface area contributed by atoms with Gasteiger partial charge in [-0.05, 0) is 29.8 Å². The van der Waals surface area contributed by atoms with Gasteiger partial charge in [0.2, 0.25) is 0 Å². The fourth-order valence-corrected chi connectivity index (χ4v) is 2.89. The van der Waals surface area contributed by atoms with Crippen molar-refractivity contribution in [3.63, 3.8) is 0 Å². The predicted octanol–water partition coefficient (Wildman–Crippen LogP) is 2.01. The molecular weight excluding hydrogens is 348 g/mol. The van der Waals surface area contributed by atoms with Crippen LogP contribution in [0.25, 0.3) is 0 Å². The Kier molecular flexibility index (Phi) is 4.28. The molecule has 0 saturated carbocycles. The predicted molar refractivity (Wildman–Crippen MR) is 90.6 cm³/mol. The quantitative estimate of drug-likeness (QED) is 0.284. The summed E-state index contributed by atoms with van der Waals surface area (Å²) in [5.74, 6) is -0.991. The third kappa shape index (κ3) is 3.11. The second-order valence-corrected chi connectivity index (χ2v) is 5.94. The molecule has 0 bridgehead atoms. The summed E-state index contributed by atoms with van der Waals surface area (Å²) >= 11 is 6.05. The number of hydrogen-bond acceptors (Lipinski definition) is 5. The number of β-lactam (4-membered cyclic amide) rings is 1. The highest BCUT2D eigenvalue weighted by atomic mass is 35.5. The number of halogens is 1. The van der Waals surface area contributed by atoms with Gasteiger partial charge in [0.1, 0.15) is 11.4 Å². The van der Waals surface area contributed by atoms with Crippen molar-refractivity contribution in [1.29, 1.82) is 0 Å². The largest absolute Gasteiger partial charge is 0.399 e. The second kappa shape index (κ2) is 6.40. The van der Waals surface area contributed by atoms with Crippen molar-refractivity contribution < 1.29 is 14.5 Å². The summed E-state index contributed by atoms with van der Waals surface area (Å²) in [7, 11) is 0. The molecule has 2 aromatic carbocycles. The average Bonchev–Trinajstić information content (AvgIpc) is 2.61. The number of hydrazine groups is 1.